The van der Waals surface area contributed by atoms with Crippen molar-refractivity contribution in [2.75, 3.05) is 7.11 Å². The summed E-state index contributed by atoms with van der Waals surface area (Å²) in [5.41, 5.74) is 5.46. The molecular weight excluding hydrogens is 132 g/mol. The molecule has 0 unspecified atom stereocenters. The average molecular weight is 142 g/mol. The number of oxime groups is 1. The largest absolute Gasteiger partial charge is 0.399 e. The summed E-state index contributed by atoms with van der Waals surface area (Å²) in [7, 11) is 1.39. The van der Waals surface area contributed by atoms with Crippen molar-refractivity contribution in [3.05, 3.63) is 12.2 Å². The fourth-order valence-corrected chi connectivity index (χ4v) is 0.370. The molecule has 0 saturated heterocycles. The first-order chi connectivity index (χ1) is 4.59. The molecule has 1 amide bonds. The van der Waals surface area contributed by atoms with E-state index in [1.54, 1.807) is 6.92 Å². The van der Waals surface area contributed by atoms with Gasteiger partial charge in [0.25, 0.3) is 0 Å². The van der Waals surface area contributed by atoms with Crippen LogP contribution < -0.4 is 5.73 Å². The molecule has 2 N–H and O–H groups in total. The number of carbonyl (C=O) groups excluding carboxylic acids is 1. The first kappa shape index (κ1) is 8.68. The zero-order valence-electron chi connectivity index (χ0n) is 6.05. The van der Waals surface area contributed by atoms with Crippen molar-refractivity contribution >= 4 is 11.6 Å². The van der Waals surface area contributed by atoms with Gasteiger partial charge >= 0.3 is 0 Å². The van der Waals surface area contributed by atoms with E-state index in [0.29, 0.717) is 5.71 Å². The highest BCUT2D eigenvalue weighted by Crippen LogP contribution is 1.92. The number of rotatable bonds is 3. The summed E-state index contributed by atoms with van der Waals surface area (Å²) in [6, 6.07) is 0. The maximum absolute atomic E-state index is 10.4. The van der Waals surface area contributed by atoms with Crippen LogP contribution in [-0.4, -0.2) is 18.7 Å². The molecule has 0 aliphatic carbocycles. The maximum atomic E-state index is 10.4. The third-order valence-electron chi connectivity index (χ3n) is 0.962. The Labute approximate surface area is 59.3 Å². The predicted molar refractivity (Wildman–Crippen MR) is 38.5 cm³/mol. The lowest BCUT2D eigenvalue weighted by Gasteiger charge is -1.96. The second kappa shape index (κ2) is 3.66. The molecule has 0 bridgehead atoms. The summed E-state index contributed by atoms with van der Waals surface area (Å²) in [5, 5.41) is 3.46. The highest BCUT2D eigenvalue weighted by atomic mass is 16.6. The maximum Gasteiger partial charge on any atom is 0.250 e. The predicted octanol–water partition coefficient (Wildman–Crippen LogP) is 0.0502. The van der Waals surface area contributed by atoms with E-state index in [4.69, 9.17) is 5.73 Å². The molecule has 0 spiro atoms. The van der Waals surface area contributed by atoms with Gasteiger partial charge in [-0.2, -0.15) is 0 Å². The van der Waals surface area contributed by atoms with E-state index in [0.717, 1.165) is 0 Å². The van der Waals surface area contributed by atoms with Gasteiger partial charge in [-0.25, -0.2) is 0 Å². The molecule has 0 heterocycles. The van der Waals surface area contributed by atoms with Crippen LogP contribution in [0.25, 0.3) is 0 Å². The third kappa shape index (κ3) is 2.30. The van der Waals surface area contributed by atoms with Crippen LogP contribution >= 0.6 is 0 Å². The monoisotopic (exact) mass is 142 g/mol. The van der Waals surface area contributed by atoms with E-state index >= 15 is 0 Å². The fraction of sp³-hybridized carbons (Fsp3) is 0.333. The lowest BCUT2D eigenvalue weighted by Crippen LogP contribution is -2.18. The van der Waals surface area contributed by atoms with E-state index in [2.05, 4.69) is 16.6 Å². The van der Waals surface area contributed by atoms with Crippen LogP contribution in [0.3, 0.4) is 0 Å². The van der Waals surface area contributed by atoms with Crippen LogP contribution in [0.1, 0.15) is 6.92 Å². The minimum atomic E-state index is -0.585. The van der Waals surface area contributed by atoms with Crippen molar-refractivity contribution in [1.82, 2.24) is 0 Å². The Kier molecular flexibility index (Phi) is 3.17. The average Bonchev–Trinajstić information content (AvgIpc) is 1.87. The molecule has 0 atom stereocenters. The summed E-state index contributed by atoms with van der Waals surface area (Å²) in [4.78, 5) is 14.8. The highest BCUT2D eigenvalue weighted by Gasteiger charge is 2.04. The van der Waals surface area contributed by atoms with Gasteiger partial charge in [-0.15, -0.1) is 0 Å². The van der Waals surface area contributed by atoms with E-state index in [-0.39, 0.29) is 5.57 Å². The van der Waals surface area contributed by atoms with E-state index in [1.165, 1.54) is 7.11 Å². The summed E-state index contributed by atoms with van der Waals surface area (Å²) >= 11 is 0. The molecule has 10 heavy (non-hydrogen) atoms. The Morgan fingerprint density at radius 1 is 1.70 bits per heavy atom. The van der Waals surface area contributed by atoms with Crippen molar-refractivity contribution < 1.29 is 9.63 Å². The fourth-order valence-electron chi connectivity index (χ4n) is 0.370. The van der Waals surface area contributed by atoms with Gasteiger partial charge in [-0.05, 0) is 6.92 Å². The van der Waals surface area contributed by atoms with E-state index in [1.807, 2.05) is 0 Å². The van der Waals surface area contributed by atoms with Gasteiger partial charge in [0, 0.05) is 0 Å². The molecule has 0 fully saturated rings. The van der Waals surface area contributed by atoms with Crippen molar-refractivity contribution in [1.29, 1.82) is 0 Å². The zero-order chi connectivity index (χ0) is 8.15. The number of hydrogen-bond acceptors (Lipinski definition) is 3. The van der Waals surface area contributed by atoms with Gasteiger partial charge in [0.15, 0.2) is 0 Å². The first-order valence-electron chi connectivity index (χ1n) is 2.66. The number of nitrogens with zero attached hydrogens (tertiary/aromatic N) is 1. The van der Waals surface area contributed by atoms with Crippen LogP contribution in [0.4, 0.5) is 0 Å². The van der Waals surface area contributed by atoms with Gasteiger partial charge in [-0.3, -0.25) is 4.79 Å². The lowest BCUT2D eigenvalue weighted by molar-refractivity contribution is -0.114. The van der Waals surface area contributed by atoms with Crippen molar-refractivity contribution in [2.45, 2.75) is 6.92 Å². The molecule has 0 aromatic rings. The standard InChI is InChI=1S/C6H10N2O2/c1-4(6(7)9)5(2)8-10-3/h1H2,2-3H3,(H2,7,9)/b8-5-. The highest BCUT2D eigenvalue weighted by molar-refractivity contribution is 6.19. The van der Waals surface area contributed by atoms with Gasteiger partial charge < -0.3 is 10.6 Å². The van der Waals surface area contributed by atoms with Gasteiger partial charge in [0.1, 0.15) is 7.11 Å². The van der Waals surface area contributed by atoms with Crippen LogP contribution in [-0.2, 0) is 9.63 Å². The SMILES string of the molecule is C=C(C(N)=O)/C(C)=N\OC. The molecule has 0 aromatic heterocycles. The lowest BCUT2D eigenvalue weighted by atomic mass is 10.2. The number of carbonyl (C=O) groups is 1. The van der Waals surface area contributed by atoms with Crippen LogP contribution in [0.15, 0.2) is 17.3 Å². The number of amides is 1. The second-order valence-corrected chi connectivity index (χ2v) is 1.70. The number of primary amides is 1. The molecule has 4 nitrogen and oxygen atoms in total. The molecule has 4 heteroatoms. The van der Waals surface area contributed by atoms with Gasteiger partial charge in [-0.1, -0.05) is 11.7 Å². The topological polar surface area (TPSA) is 64.7 Å². The second-order valence-electron chi connectivity index (χ2n) is 1.70. The molecule has 0 saturated carbocycles. The summed E-state index contributed by atoms with van der Waals surface area (Å²) in [6.45, 7) is 4.98. The van der Waals surface area contributed by atoms with Crippen LogP contribution in [0, 0.1) is 0 Å². The smallest absolute Gasteiger partial charge is 0.250 e. The molecular formula is C6H10N2O2. The Balaban J connectivity index is 4.22. The first-order valence-corrected chi connectivity index (χ1v) is 2.66. The molecule has 0 aliphatic rings. The molecule has 0 rings (SSSR count). The normalized spacial score (nSPS) is 10.8. The Morgan fingerprint density at radius 2 is 2.20 bits per heavy atom. The minimum absolute atomic E-state index is 0.168. The van der Waals surface area contributed by atoms with Crippen molar-refractivity contribution in [2.24, 2.45) is 10.9 Å². The molecule has 0 aromatic carbocycles. The van der Waals surface area contributed by atoms with Gasteiger partial charge in [0.2, 0.25) is 5.91 Å². The number of nitrogens with two attached hydrogens (primary N) is 1. The van der Waals surface area contributed by atoms with Crippen LogP contribution in [0.2, 0.25) is 0 Å². The quantitative estimate of drug-likeness (QED) is 0.344. The van der Waals surface area contributed by atoms with Crippen molar-refractivity contribution in [3.63, 3.8) is 0 Å². The van der Waals surface area contributed by atoms with Crippen LogP contribution in [0.5, 0.6) is 0 Å². The van der Waals surface area contributed by atoms with Crippen molar-refractivity contribution in [3.8, 4) is 0 Å². The summed E-state index contributed by atoms with van der Waals surface area (Å²) < 4.78 is 0. The Bertz CT molecular complexity index is 184. The minimum Gasteiger partial charge on any atom is -0.399 e. The third-order valence-corrected chi connectivity index (χ3v) is 0.962. The molecule has 0 aliphatic heterocycles. The van der Waals surface area contributed by atoms with Gasteiger partial charge in [0.05, 0.1) is 11.3 Å². The molecule has 0 radical (unpaired) electrons. The molecule has 56 valence electrons. The summed E-state index contributed by atoms with van der Waals surface area (Å²) in [5.74, 6) is -0.585. The summed E-state index contributed by atoms with van der Waals surface area (Å²) in [6.07, 6.45) is 0. The Morgan fingerprint density at radius 3 is 2.50 bits per heavy atom. The van der Waals surface area contributed by atoms with E-state index in [9.17, 15) is 4.79 Å². The Hall–Kier alpha value is -1.32. The zero-order valence-corrected chi connectivity index (χ0v) is 6.05. The van der Waals surface area contributed by atoms with E-state index < -0.39 is 5.91 Å². The number of hydrogen-bond donors (Lipinski definition) is 1.